The van der Waals surface area contributed by atoms with Gasteiger partial charge in [0.05, 0.1) is 37.1 Å². The minimum atomic E-state index is -0.532. The number of rotatable bonds is 12. The van der Waals surface area contributed by atoms with E-state index in [0.29, 0.717) is 31.3 Å². The highest BCUT2D eigenvalue weighted by Gasteiger charge is 2.20. The first-order valence-electron chi connectivity index (χ1n) is 11.3. The topological polar surface area (TPSA) is 168 Å². The highest BCUT2D eigenvalue weighted by Crippen LogP contribution is 2.33. The Bertz CT molecular complexity index is 1270. The Kier molecular flexibility index (Phi) is 11.0. The van der Waals surface area contributed by atoms with Crippen molar-refractivity contribution in [3.05, 3.63) is 47.5 Å². The number of hydrogen-bond donors (Lipinski definition) is 4. The number of hydrazone groups is 2. The third-order valence-electron chi connectivity index (χ3n) is 4.94. The fraction of sp³-hybridized carbons (Fsp3) is 0.250. The molecule has 0 aliphatic rings. The van der Waals surface area contributed by atoms with Crippen molar-refractivity contribution in [1.29, 1.82) is 0 Å². The molecule has 0 fully saturated rings. The number of phenols is 2. The van der Waals surface area contributed by atoms with Crippen LogP contribution in [0.15, 0.2) is 55.3 Å². The number of methoxy groups -OCH3 is 2. The van der Waals surface area contributed by atoms with Gasteiger partial charge in [0.1, 0.15) is 0 Å². The summed E-state index contributed by atoms with van der Waals surface area (Å²) in [5.74, 6) is -0.291. The fourth-order valence-corrected chi connectivity index (χ4v) is 6.13. The first-order valence-corrected chi connectivity index (χ1v) is 13.9. The number of carbonyl (C=O) groups is 2. The van der Waals surface area contributed by atoms with Gasteiger partial charge >= 0.3 is 0 Å². The van der Waals surface area contributed by atoms with Crippen molar-refractivity contribution in [3.8, 4) is 23.0 Å². The number of phenolic OH excluding ortho intramolecular Hbond substituents is 2. The molecule has 0 radical (unpaired) electrons. The molecule has 0 saturated carbocycles. The Morgan fingerprint density at radius 2 is 1.26 bits per heavy atom. The zero-order valence-corrected chi connectivity index (χ0v) is 23.8. The maximum atomic E-state index is 12.4. The average Bonchev–Trinajstić information content (AvgIpc) is 3.36. The number of nitrogens with one attached hydrogen (secondary N) is 2. The summed E-state index contributed by atoms with van der Waals surface area (Å²) in [6, 6.07) is 9.86. The molecule has 0 aliphatic carbocycles. The van der Waals surface area contributed by atoms with E-state index in [1.54, 1.807) is 50.2 Å². The second kappa shape index (κ2) is 14.4. The molecule has 1 aromatic heterocycles. The highest BCUT2D eigenvalue weighted by atomic mass is 32.2. The van der Waals surface area contributed by atoms with Crippen molar-refractivity contribution in [2.45, 2.75) is 33.0 Å². The molecule has 2 atom stereocenters. The van der Waals surface area contributed by atoms with E-state index in [9.17, 15) is 19.8 Å². The van der Waals surface area contributed by atoms with Gasteiger partial charge in [-0.15, -0.1) is 10.2 Å². The predicted octanol–water partition coefficient (Wildman–Crippen LogP) is 3.23. The molecule has 2 aromatic carbocycles. The largest absolute Gasteiger partial charge is 0.504 e. The van der Waals surface area contributed by atoms with Crippen LogP contribution in [-0.2, 0) is 9.59 Å². The van der Waals surface area contributed by atoms with Crippen molar-refractivity contribution in [3.63, 3.8) is 0 Å². The molecule has 39 heavy (non-hydrogen) atoms. The molecule has 206 valence electrons. The number of para-hydroxylation sites is 2. The number of ether oxygens (including phenoxy) is 2. The van der Waals surface area contributed by atoms with Crippen molar-refractivity contribution < 1.29 is 29.3 Å². The molecule has 3 aromatic rings. The number of amides is 2. The van der Waals surface area contributed by atoms with Crippen LogP contribution in [0.5, 0.6) is 23.0 Å². The normalized spacial score (nSPS) is 12.8. The van der Waals surface area contributed by atoms with E-state index in [1.165, 1.54) is 61.5 Å². The zero-order valence-electron chi connectivity index (χ0n) is 21.3. The Morgan fingerprint density at radius 1 is 0.846 bits per heavy atom. The SMILES string of the molecule is COc1cccc(/C=N\NC(=O)[C@@H](C)Sc2nnc(S[C@H](C)C(=O)N/N=C\c3cccc(OC)c3O)s2)c1O. The molecule has 2 amide bonds. The quantitative estimate of drug-likeness (QED) is 0.140. The number of benzene rings is 2. The van der Waals surface area contributed by atoms with Crippen LogP contribution >= 0.6 is 34.9 Å². The first-order chi connectivity index (χ1) is 18.7. The maximum Gasteiger partial charge on any atom is 0.253 e. The molecule has 15 heteroatoms. The lowest BCUT2D eigenvalue weighted by atomic mass is 10.2. The van der Waals surface area contributed by atoms with E-state index in [1.807, 2.05) is 0 Å². The van der Waals surface area contributed by atoms with Crippen molar-refractivity contribution in [2.75, 3.05) is 14.2 Å². The Labute approximate surface area is 236 Å². The van der Waals surface area contributed by atoms with Gasteiger partial charge in [0.15, 0.2) is 31.7 Å². The number of carbonyl (C=O) groups excluding carboxylic acids is 2. The van der Waals surface area contributed by atoms with Gasteiger partial charge in [-0.1, -0.05) is 47.0 Å². The lowest BCUT2D eigenvalue weighted by molar-refractivity contribution is -0.121. The average molecular weight is 591 g/mol. The van der Waals surface area contributed by atoms with Crippen LogP contribution in [0.25, 0.3) is 0 Å². The minimum Gasteiger partial charge on any atom is -0.504 e. The monoisotopic (exact) mass is 590 g/mol. The van der Waals surface area contributed by atoms with E-state index >= 15 is 0 Å². The third kappa shape index (κ3) is 8.33. The molecule has 1 heterocycles. The van der Waals surface area contributed by atoms with Crippen molar-refractivity contribution in [2.24, 2.45) is 10.2 Å². The maximum absolute atomic E-state index is 12.4. The third-order valence-corrected chi connectivity index (χ3v) is 8.23. The van der Waals surface area contributed by atoms with Crippen LogP contribution in [-0.4, -0.2) is 69.4 Å². The van der Waals surface area contributed by atoms with Crippen LogP contribution in [0.3, 0.4) is 0 Å². The summed E-state index contributed by atoms with van der Waals surface area (Å²) in [5.41, 5.74) is 5.65. The summed E-state index contributed by atoms with van der Waals surface area (Å²) in [6.45, 7) is 3.39. The van der Waals surface area contributed by atoms with E-state index in [2.05, 4.69) is 31.3 Å². The molecular weight excluding hydrogens is 565 g/mol. The van der Waals surface area contributed by atoms with E-state index < -0.39 is 10.5 Å². The van der Waals surface area contributed by atoms with Crippen LogP contribution in [0, 0.1) is 0 Å². The van der Waals surface area contributed by atoms with E-state index in [4.69, 9.17) is 9.47 Å². The standard InChI is InChI=1S/C24H26N6O6S3/c1-13(21(33)27-25-11-15-7-5-9-17(35-3)19(15)31)37-23-29-30-24(39-23)38-14(2)22(34)28-26-12-16-8-6-10-18(36-4)20(16)32/h5-14,31-32H,1-4H3,(H,27,33)(H,28,34)/b25-11-,26-12-/t13-,14-/m1/s1. The van der Waals surface area contributed by atoms with Gasteiger partial charge in [0, 0.05) is 11.1 Å². The molecule has 3 rings (SSSR count). The summed E-state index contributed by atoms with van der Waals surface area (Å²) < 4.78 is 11.2. The molecular formula is C24H26N6O6S3. The summed E-state index contributed by atoms with van der Waals surface area (Å²) >= 11 is 3.65. The van der Waals surface area contributed by atoms with Gasteiger partial charge in [-0.05, 0) is 38.1 Å². The van der Waals surface area contributed by atoms with Gasteiger partial charge < -0.3 is 19.7 Å². The smallest absolute Gasteiger partial charge is 0.253 e. The number of hydrogen-bond acceptors (Lipinski definition) is 13. The first kappa shape index (κ1) is 29.7. The van der Waals surface area contributed by atoms with E-state index in [-0.39, 0.29) is 23.3 Å². The molecule has 12 nitrogen and oxygen atoms in total. The summed E-state index contributed by atoms with van der Waals surface area (Å²) in [5, 5.41) is 35.1. The number of aromatic hydroxyl groups is 2. The van der Waals surface area contributed by atoms with Crippen LogP contribution in [0.2, 0.25) is 0 Å². The second-order valence-corrected chi connectivity index (χ2v) is 11.8. The van der Waals surface area contributed by atoms with Gasteiger partial charge in [-0.3, -0.25) is 9.59 Å². The molecule has 0 unspecified atom stereocenters. The van der Waals surface area contributed by atoms with Crippen molar-refractivity contribution in [1.82, 2.24) is 21.0 Å². The molecule has 0 bridgehead atoms. The molecule has 4 N–H and O–H groups in total. The highest BCUT2D eigenvalue weighted by molar-refractivity contribution is 8.04. The summed E-state index contributed by atoms with van der Waals surface area (Å²) in [6.07, 6.45) is 2.64. The number of nitrogens with zero attached hydrogens (tertiary/aromatic N) is 4. The minimum absolute atomic E-state index is 0.0785. The number of thioether (sulfide) groups is 2. The van der Waals surface area contributed by atoms with Crippen LogP contribution in [0.1, 0.15) is 25.0 Å². The molecule has 0 spiro atoms. The lowest BCUT2D eigenvalue weighted by Gasteiger charge is -2.08. The van der Waals surface area contributed by atoms with Crippen molar-refractivity contribution >= 4 is 59.1 Å². The van der Waals surface area contributed by atoms with Gasteiger partial charge in [-0.2, -0.15) is 10.2 Å². The summed E-state index contributed by atoms with van der Waals surface area (Å²) in [7, 11) is 2.88. The predicted molar refractivity (Wildman–Crippen MR) is 151 cm³/mol. The van der Waals surface area contributed by atoms with Crippen LogP contribution in [0.4, 0.5) is 0 Å². The van der Waals surface area contributed by atoms with E-state index in [0.717, 1.165) is 0 Å². The second-order valence-electron chi connectivity index (χ2n) is 7.62. The lowest BCUT2D eigenvalue weighted by Crippen LogP contribution is -2.26. The molecule has 0 saturated heterocycles. The van der Waals surface area contributed by atoms with Gasteiger partial charge in [-0.25, -0.2) is 10.9 Å². The Morgan fingerprint density at radius 3 is 1.64 bits per heavy atom. The van der Waals surface area contributed by atoms with Gasteiger partial charge in [0.25, 0.3) is 11.8 Å². The summed E-state index contributed by atoms with van der Waals surface area (Å²) in [4.78, 5) is 24.8. The Balaban J connectivity index is 1.47. The van der Waals surface area contributed by atoms with Crippen LogP contribution < -0.4 is 20.3 Å². The molecule has 0 aliphatic heterocycles. The zero-order chi connectivity index (χ0) is 28.4. The van der Waals surface area contributed by atoms with Gasteiger partial charge in [0.2, 0.25) is 0 Å². The fourth-order valence-electron chi connectivity index (χ4n) is 2.83. The Hall–Kier alpha value is -3.82. The number of aromatic nitrogens is 2.